The van der Waals surface area contributed by atoms with Gasteiger partial charge in [0.2, 0.25) is 5.91 Å². The molecule has 118 valence electrons. The molecule has 2 nitrogen and oxygen atoms in total. The Bertz CT molecular complexity index is 780. The number of halogens is 1. The van der Waals surface area contributed by atoms with Crippen LogP contribution in [0.2, 0.25) is 0 Å². The fourth-order valence-corrected chi connectivity index (χ4v) is 3.77. The molecule has 0 aliphatic rings. The number of nitrogens with one attached hydrogen (secondary N) is 1. The highest BCUT2D eigenvalue weighted by atomic mass is 32.1. The van der Waals surface area contributed by atoms with Crippen molar-refractivity contribution in [2.45, 2.75) is 19.4 Å². The van der Waals surface area contributed by atoms with Crippen molar-refractivity contribution in [3.63, 3.8) is 0 Å². The van der Waals surface area contributed by atoms with Crippen LogP contribution in [-0.4, -0.2) is 5.91 Å². The minimum Gasteiger partial charge on any atom is -0.351 e. The second-order valence-corrected chi connectivity index (χ2v) is 6.96. The summed E-state index contributed by atoms with van der Waals surface area (Å²) < 4.78 is 13.5. The van der Waals surface area contributed by atoms with Crippen LogP contribution >= 0.6 is 22.7 Å². The lowest BCUT2D eigenvalue weighted by molar-refractivity contribution is -0.121. The van der Waals surface area contributed by atoms with Gasteiger partial charge in [-0.2, -0.15) is 11.3 Å². The second-order valence-electron chi connectivity index (χ2n) is 5.18. The number of hydrogen-bond acceptors (Lipinski definition) is 3. The van der Waals surface area contributed by atoms with Crippen molar-refractivity contribution in [2.75, 3.05) is 0 Å². The number of hydrogen-bond donors (Lipinski definition) is 1. The Hall–Kier alpha value is -1.98. The van der Waals surface area contributed by atoms with E-state index in [2.05, 4.69) is 33.6 Å². The smallest absolute Gasteiger partial charge is 0.220 e. The van der Waals surface area contributed by atoms with Gasteiger partial charge < -0.3 is 5.32 Å². The highest BCUT2D eigenvalue weighted by Gasteiger charge is 2.07. The summed E-state index contributed by atoms with van der Waals surface area (Å²) in [7, 11) is 0. The maximum Gasteiger partial charge on any atom is 0.220 e. The van der Waals surface area contributed by atoms with Crippen LogP contribution in [0, 0.1) is 5.82 Å². The highest BCUT2D eigenvalue weighted by Crippen LogP contribution is 2.27. The molecule has 0 aliphatic heterocycles. The van der Waals surface area contributed by atoms with Gasteiger partial charge in [0.25, 0.3) is 0 Å². The molecule has 2 aromatic heterocycles. The fraction of sp³-hybridized carbons (Fsp3) is 0.167. The molecule has 3 aromatic rings. The molecular formula is C18H16FNOS2. The van der Waals surface area contributed by atoms with E-state index in [-0.39, 0.29) is 11.7 Å². The van der Waals surface area contributed by atoms with Gasteiger partial charge in [0.15, 0.2) is 0 Å². The molecule has 23 heavy (non-hydrogen) atoms. The van der Waals surface area contributed by atoms with Gasteiger partial charge in [-0.3, -0.25) is 4.79 Å². The topological polar surface area (TPSA) is 29.1 Å². The van der Waals surface area contributed by atoms with Crippen LogP contribution in [-0.2, 0) is 17.8 Å². The molecule has 0 fully saturated rings. The predicted molar refractivity (Wildman–Crippen MR) is 94.2 cm³/mol. The Kier molecular flexibility index (Phi) is 5.20. The van der Waals surface area contributed by atoms with Gasteiger partial charge in [-0.1, -0.05) is 18.2 Å². The molecule has 5 heteroatoms. The minimum atomic E-state index is -0.251. The summed E-state index contributed by atoms with van der Waals surface area (Å²) in [5.74, 6) is -0.308. The van der Waals surface area contributed by atoms with Gasteiger partial charge in [0.05, 0.1) is 6.54 Å². The molecule has 0 bridgehead atoms. The molecule has 3 rings (SSSR count). The summed E-state index contributed by atoms with van der Waals surface area (Å²) >= 11 is 3.31. The molecule has 0 saturated carbocycles. The van der Waals surface area contributed by atoms with Crippen molar-refractivity contribution in [1.29, 1.82) is 0 Å². The van der Waals surface area contributed by atoms with Gasteiger partial charge in [0, 0.05) is 11.3 Å². The molecule has 0 atom stereocenters. The van der Waals surface area contributed by atoms with Gasteiger partial charge in [-0.05, 0) is 57.5 Å². The van der Waals surface area contributed by atoms with Gasteiger partial charge in [-0.25, -0.2) is 4.39 Å². The van der Waals surface area contributed by atoms with Crippen molar-refractivity contribution in [3.05, 3.63) is 68.8 Å². The first-order valence-electron chi connectivity index (χ1n) is 7.32. The monoisotopic (exact) mass is 345 g/mol. The van der Waals surface area contributed by atoms with E-state index in [9.17, 15) is 9.18 Å². The predicted octanol–water partition coefficient (Wildman–Crippen LogP) is 4.86. The largest absolute Gasteiger partial charge is 0.351 e. The first-order chi connectivity index (χ1) is 11.2. The minimum absolute atomic E-state index is 0.0567. The third kappa shape index (κ3) is 4.27. The van der Waals surface area contributed by atoms with E-state index in [0.29, 0.717) is 24.9 Å². The van der Waals surface area contributed by atoms with Gasteiger partial charge >= 0.3 is 0 Å². The van der Waals surface area contributed by atoms with Crippen LogP contribution in [0.5, 0.6) is 0 Å². The maximum absolute atomic E-state index is 13.5. The van der Waals surface area contributed by atoms with Crippen LogP contribution in [0.15, 0.2) is 52.5 Å². The van der Waals surface area contributed by atoms with Crippen molar-refractivity contribution < 1.29 is 9.18 Å². The average molecular weight is 345 g/mol. The highest BCUT2D eigenvalue weighted by molar-refractivity contribution is 7.10. The zero-order chi connectivity index (χ0) is 16.1. The Morgan fingerprint density at radius 1 is 1.13 bits per heavy atom. The van der Waals surface area contributed by atoms with Crippen LogP contribution < -0.4 is 5.32 Å². The summed E-state index contributed by atoms with van der Waals surface area (Å²) in [5.41, 5.74) is 2.98. The van der Waals surface area contributed by atoms with E-state index in [1.807, 2.05) is 0 Å². The molecule has 0 saturated heterocycles. The molecule has 2 heterocycles. The number of aryl methyl sites for hydroxylation is 1. The summed E-state index contributed by atoms with van der Waals surface area (Å²) in [4.78, 5) is 13.0. The van der Waals surface area contributed by atoms with Gasteiger partial charge in [-0.15, -0.1) is 11.3 Å². The Morgan fingerprint density at radius 3 is 2.78 bits per heavy atom. The zero-order valence-corrected chi connectivity index (χ0v) is 14.1. The van der Waals surface area contributed by atoms with E-state index in [0.717, 1.165) is 4.88 Å². The van der Waals surface area contributed by atoms with E-state index < -0.39 is 0 Å². The summed E-state index contributed by atoms with van der Waals surface area (Å²) in [6.45, 7) is 0.519. The molecule has 1 amide bonds. The summed E-state index contributed by atoms with van der Waals surface area (Å²) in [5, 5.41) is 9.16. The normalized spacial score (nSPS) is 10.7. The van der Waals surface area contributed by atoms with Crippen LogP contribution in [0.4, 0.5) is 4.39 Å². The molecule has 0 aliphatic carbocycles. The number of carbonyl (C=O) groups is 1. The number of carbonyl (C=O) groups excluding carboxylic acids is 1. The van der Waals surface area contributed by atoms with Crippen molar-refractivity contribution in [3.8, 4) is 11.1 Å². The summed E-state index contributed by atoms with van der Waals surface area (Å²) in [6.07, 6.45) is 0.715. The Balaban J connectivity index is 1.49. The van der Waals surface area contributed by atoms with Crippen molar-refractivity contribution in [2.24, 2.45) is 0 Å². The van der Waals surface area contributed by atoms with E-state index in [4.69, 9.17) is 0 Å². The number of amides is 1. The first-order valence-corrected chi connectivity index (χ1v) is 9.15. The maximum atomic E-state index is 13.5. The Labute approximate surface area is 142 Å². The lowest BCUT2D eigenvalue weighted by atomic mass is 10.1. The molecule has 0 radical (unpaired) electrons. The van der Waals surface area contributed by atoms with E-state index in [1.54, 1.807) is 40.9 Å². The van der Waals surface area contributed by atoms with Crippen LogP contribution in [0.25, 0.3) is 11.1 Å². The zero-order valence-electron chi connectivity index (χ0n) is 12.4. The van der Waals surface area contributed by atoms with E-state index >= 15 is 0 Å². The second kappa shape index (κ2) is 7.53. The van der Waals surface area contributed by atoms with Crippen molar-refractivity contribution in [1.82, 2.24) is 5.32 Å². The molecule has 0 spiro atoms. The van der Waals surface area contributed by atoms with Crippen LogP contribution in [0.1, 0.15) is 16.9 Å². The third-order valence-electron chi connectivity index (χ3n) is 3.55. The fourth-order valence-electron chi connectivity index (χ4n) is 2.28. The lowest BCUT2D eigenvalue weighted by Crippen LogP contribution is -2.22. The third-order valence-corrected chi connectivity index (χ3v) is 5.17. The van der Waals surface area contributed by atoms with Crippen LogP contribution in [0.3, 0.4) is 0 Å². The standard InChI is InChI=1S/C18H16FNOS2/c19-17-4-2-1-3-13(17)5-6-18(21)20-10-16-9-15(12-23-16)14-7-8-22-11-14/h1-4,7-9,11-12H,5-6,10H2,(H,20,21). The quantitative estimate of drug-likeness (QED) is 0.679. The average Bonchev–Trinajstić information content (AvgIpc) is 3.23. The first kappa shape index (κ1) is 15.9. The Morgan fingerprint density at radius 2 is 2.00 bits per heavy atom. The molecule has 1 aromatic carbocycles. The lowest BCUT2D eigenvalue weighted by Gasteiger charge is -2.04. The molecular weight excluding hydrogens is 329 g/mol. The number of benzene rings is 1. The van der Waals surface area contributed by atoms with Crippen molar-refractivity contribution >= 4 is 28.6 Å². The molecule has 1 N–H and O–H groups in total. The number of thiophene rings is 2. The van der Waals surface area contributed by atoms with E-state index in [1.165, 1.54) is 17.2 Å². The van der Waals surface area contributed by atoms with Gasteiger partial charge in [0.1, 0.15) is 5.82 Å². The number of rotatable bonds is 6. The molecule has 0 unspecified atom stereocenters. The SMILES string of the molecule is O=C(CCc1ccccc1F)NCc1cc(-c2ccsc2)cs1. The summed E-state index contributed by atoms with van der Waals surface area (Å²) in [6, 6.07) is 10.8.